The Morgan fingerprint density at radius 2 is 1.10 bits per heavy atom. The third-order valence-corrected chi connectivity index (χ3v) is 3.94. The molecule has 0 aliphatic heterocycles. The molecule has 1 atom stereocenters. The largest absolute Gasteiger partial charge is 0.381 e. The van der Waals surface area contributed by atoms with Crippen molar-refractivity contribution >= 4 is 0 Å². The Bertz CT molecular complexity index is 182. The molecule has 128 valence electrons. The second-order valence-corrected chi connectivity index (χ2v) is 6.16. The molecule has 0 saturated carbocycles. The standard InChI is InChI=1S/C19H40O2/c1-4-7-11-16-20-17-13-10-15-19(14-9-6-3)21-18-12-8-5-2/h19H,4-18H2,1-3H3. The van der Waals surface area contributed by atoms with Crippen LogP contribution in [-0.4, -0.2) is 25.9 Å². The van der Waals surface area contributed by atoms with Gasteiger partial charge in [0.2, 0.25) is 0 Å². The average Bonchev–Trinajstić information content (AvgIpc) is 2.50. The van der Waals surface area contributed by atoms with Crippen LogP contribution in [0.15, 0.2) is 0 Å². The minimum atomic E-state index is 0.488. The molecule has 0 aliphatic rings. The molecule has 0 heterocycles. The van der Waals surface area contributed by atoms with Gasteiger partial charge in [-0.15, -0.1) is 0 Å². The molecule has 21 heavy (non-hydrogen) atoms. The summed E-state index contributed by atoms with van der Waals surface area (Å²) in [5.74, 6) is 0. The molecule has 0 fully saturated rings. The molecule has 2 heteroatoms. The van der Waals surface area contributed by atoms with E-state index in [0.29, 0.717) is 6.10 Å². The summed E-state index contributed by atoms with van der Waals surface area (Å²) in [6.07, 6.45) is 15.5. The molecule has 1 unspecified atom stereocenters. The second-order valence-electron chi connectivity index (χ2n) is 6.16. The summed E-state index contributed by atoms with van der Waals surface area (Å²) in [4.78, 5) is 0. The Morgan fingerprint density at radius 1 is 0.571 bits per heavy atom. The van der Waals surface area contributed by atoms with Gasteiger partial charge in [-0.25, -0.2) is 0 Å². The van der Waals surface area contributed by atoms with Gasteiger partial charge in [0.25, 0.3) is 0 Å². The molecule has 0 bridgehead atoms. The summed E-state index contributed by atoms with van der Waals surface area (Å²) in [5, 5.41) is 0. The molecule has 0 N–H and O–H groups in total. The summed E-state index contributed by atoms with van der Waals surface area (Å²) < 4.78 is 11.7. The molecule has 0 spiro atoms. The lowest BCUT2D eigenvalue weighted by atomic mass is 10.1. The number of unbranched alkanes of at least 4 members (excludes halogenated alkanes) is 6. The first-order valence-electron chi connectivity index (χ1n) is 9.54. The van der Waals surface area contributed by atoms with Gasteiger partial charge in [-0.3, -0.25) is 0 Å². The van der Waals surface area contributed by atoms with Crippen molar-refractivity contribution in [3.05, 3.63) is 0 Å². The van der Waals surface area contributed by atoms with E-state index < -0.39 is 0 Å². The topological polar surface area (TPSA) is 18.5 Å². The van der Waals surface area contributed by atoms with E-state index in [2.05, 4.69) is 20.8 Å². The monoisotopic (exact) mass is 300 g/mol. The van der Waals surface area contributed by atoms with E-state index in [1.807, 2.05) is 0 Å². The van der Waals surface area contributed by atoms with Crippen molar-refractivity contribution in [2.24, 2.45) is 0 Å². The Kier molecular flexibility index (Phi) is 17.9. The molecule has 0 amide bonds. The second kappa shape index (κ2) is 18.0. The van der Waals surface area contributed by atoms with Crippen molar-refractivity contribution in [2.75, 3.05) is 19.8 Å². The number of rotatable bonds is 17. The molecule has 0 aliphatic carbocycles. The third-order valence-electron chi connectivity index (χ3n) is 3.94. The van der Waals surface area contributed by atoms with Crippen LogP contribution in [0.25, 0.3) is 0 Å². The van der Waals surface area contributed by atoms with Gasteiger partial charge in [0, 0.05) is 19.8 Å². The maximum absolute atomic E-state index is 6.07. The molecular formula is C19H40O2. The summed E-state index contributed by atoms with van der Waals surface area (Å²) in [5.41, 5.74) is 0. The molecule has 0 saturated heterocycles. The average molecular weight is 301 g/mol. The Hall–Kier alpha value is -0.0800. The van der Waals surface area contributed by atoms with Crippen LogP contribution >= 0.6 is 0 Å². The highest BCUT2D eigenvalue weighted by Crippen LogP contribution is 2.13. The normalized spacial score (nSPS) is 12.7. The quantitative estimate of drug-likeness (QED) is 0.301. The minimum Gasteiger partial charge on any atom is -0.381 e. The SMILES string of the molecule is CCCCCOCCCCC(CCCC)OCCCCC. The first-order valence-corrected chi connectivity index (χ1v) is 9.54. The Labute approximate surface area is 134 Å². The van der Waals surface area contributed by atoms with E-state index in [-0.39, 0.29) is 0 Å². The van der Waals surface area contributed by atoms with Crippen LogP contribution in [0.2, 0.25) is 0 Å². The van der Waals surface area contributed by atoms with Crippen LogP contribution in [0.3, 0.4) is 0 Å². The van der Waals surface area contributed by atoms with E-state index in [0.717, 1.165) is 19.8 Å². The van der Waals surface area contributed by atoms with Crippen LogP contribution in [0.5, 0.6) is 0 Å². The number of hydrogen-bond acceptors (Lipinski definition) is 2. The van der Waals surface area contributed by atoms with Crippen molar-refractivity contribution in [1.82, 2.24) is 0 Å². The van der Waals surface area contributed by atoms with Crippen molar-refractivity contribution in [3.63, 3.8) is 0 Å². The minimum absolute atomic E-state index is 0.488. The zero-order chi connectivity index (χ0) is 15.6. The van der Waals surface area contributed by atoms with Crippen LogP contribution in [-0.2, 0) is 9.47 Å². The van der Waals surface area contributed by atoms with E-state index in [9.17, 15) is 0 Å². The van der Waals surface area contributed by atoms with Gasteiger partial charge < -0.3 is 9.47 Å². The smallest absolute Gasteiger partial charge is 0.0575 e. The Morgan fingerprint density at radius 3 is 1.71 bits per heavy atom. The van der Waals surface area contributed by atoms with Gasteiger partial charge in [-0.05, 0) is 38.5 Å². The van der Waals surface area contributed by atoms with Gasteiger partial charge in [0.05, 0.1) is 6.10 Å². The fourth-order valence-electron chi connectivity index (χ4n) is 2.48. The van der Waals surface area contributed by atoms with E-state index >= 15 is 0 Å². The summed E-state index contributed by atoms with van der Waals surface area (Å²) in [7, 11) is 0. The lowest BCUT2D eigenvalue weighted by Crippen LogP contribution is -2.14. The van der Waals surface area contributed by atoms with Crippen molar-refractivity contribution in [3.8, 4) is 0 Å². The lowest BCUT2D eigenvalue weighted by molar-refractivity contribution is 0.0341. The maximum atomic E-state index is 6.07. The fraction of sp³-hybridized carbons (Fsp3) is 1.00. The lowest BCUT2D eigenvalue weighted by Gasteiger charge is -2.17. The van der Waals surface area contributed by atoms with Crippen molar-refractivity contribution in [2.45, 2.75) is 104 Å². The fourth-order valence-corrected chi connectivity index (χ4v) is 2.48. The zero-order valence-corrected chi connectivity index (χ0v) is 15.0. The molecule has 0 aromatic rings. The Balaban J connectivity index is 3.51. The molecule has 0 radical (unpaired) electrons. The molecular weight excluding hydrogens is 260 g/mol. The summed E-state index contributed by atoms with van der Waals surface area (Å²) in [6, 6.07) is 0. The van der Waals surface area contributed by atoms with Crippen LogP contribution in [0.4, 0.5) is 0 Å². The van der Waals surface area contributed by atoms with Gasteiger partial charge in [-0.2, -0.15) is 0 Å². The molecule has 2 nitrogen and oxygen atoms in total. The van der Waals surface area contributed by atoms with E-state index in [1.54, 1.807) is 0 Å². The summed E-state index contributed by atoms with van der Waals surface area (Å²) in [6.45, 7) is 9.57. The third kappa shape index (κ3) is 16.1. The highest BCUT2D eigenvalue weighted by molar-refractivity contribution is 4.59. The van der Waals surface area contributed by atoms with Crippen LogP contribution in [0.1, 0.15) is 97.8 Å². The van der Waals surface area contributed by atoms with E-state index in [4.69, 9.17) is 9.47 Å². The first kappa shape index (κ1) is 20.9. The van der Waals surface area contributed by atoms with Gasteiger partial charge in [0.1, 0.15) is 0 Å². The van der Waals surface area contributed by atoms with Gasteiger partial charge >= 0.3 is 0 Å². The first-order chi connectivity index (χ1) is 10.3. The number of hydrogen-bond donors (Lipinski definition) is 0. The predicted octanol–water partition coefficient (Wildman–Crippen LogP) is 6.13. The number of ether oxygens (including phenoxy) is 2. The molecule has 0 rings (SSSR count). The summed E-state index contributed by atoms with van der Waals surface area (Å²) >= 11 is 0. The van der Waals surface area contributed by atoms with Crippen LogP contribution in [0, 0.1) is 0 Å². The zero-order valence-electron chi connectivity index (χ0n) is 15.0. The van der Waals surface area contributed by atoms with Gasteiger partial charge in [0.15, 0.2) is 0 Å². The van der Waals surface area contributed by atoms with Crippen molar-refractivity contribution < 1.29 is 9.47 Å². The van der Waals surface area contributed by atoms with Crippen LogP contribution < -0.4 is 0 Å². The predicted molar refractivity (Wildman–Crippen MR) is 93.0 cm³/mol. The highest BCUT2D eigenvalue weighted by Gasteiger charge is 2.08. The molecule has 0 aromatic carbocycles. The van der Waals surface area contributed by atoms with E-state index in [1.165, 1.54) is 77.0 Å². The maximum Gasteiger partial charge on any atom is 0.0575 e. The van der Waals surface area contributed by atoms with Crippen molar-refractivity contribution in [1.29, 1.82) is 0 Å². The highest BCUT2D eigenvalue weighted by atomic mass is 16.5. The molecule has 0 aromatic heterocycles. The van der Waals surface area contributed by atoms with Gasteiger partial charge in [-0.1, -0.05) is 59.3 Å².